The molecule has 2 heterocycles. The SMILES string of the molecule is CC(O)C(C1COCCN1)C1COCCN1. The van der Waals surface area contributed by atoms with Gasteiger partial charge in [-0.3, -0.25) is 0 Å². The second-order valence-electron chi connectivity index (χ2n) is 4.59. The van der Waals surface area contributed by atoms with Gasteiger partial charge in [-0.15, -0.1) is 0 Å². The van der Waals surface area contributed by atoms with Gasteiger partial charge in [-0.2, -0.15) is 0 Å². The minimum absolute atomic E-state index is 0.139. The zero-order valence-electron chi connectivity index (χ0n) is 9.82. The lowest BCUT2D eigenvalue weighted by molar-refractivity contribution is -0.0256. The first-order valence-electron chi connectivity index (χ1n) is 6.09. The largest absolute Gasteiger partial charge is 0.393 e. The predicted octanol–water partition coefficient (Wildman–Crippen LogP) is -1.04. The Bertz CT molecular complexity index is 183. The van der Waals surface area contributed by atoms with E-state index in [1.54, 1.807) is 0 Å². The molecule has 3 N–H and O–H groups in total. The van der Waals surface area contributed by atoms with E-state index in [2.05, 4.69) is 10.6 Å². The molecule has 2 fully saturated rings. The lowest BCUT2D eigenvalue weighted by atomic mass is 9.86. The summed E-state index contributed by atoms with van der Waals surface area (Å²) < 4.78 is 10.9. The molecule has 0 spiro atoms. The van der Waals surface area contributed by atoms with Crippen molar-refractivity contribution in [3.05, 3.63) is 0 Å². The highest BCUT2D eigenvalue weighted by molar-refractivity contribution is 4.91. The van der Waals surface area contributed by atoms with Crippen molar-refractivity contribution in [3.8, 4) is 0 Å². The van der Waals surface area contributed by atoms with Gasteiger partial charge in [0.15, 0.2) is 0 Å². The van der Waals surface area contributed by atoms with E-state index in [1.807, 2.05) is 6.92 Å². The first kappa shape index (κ1) is 12.3. The quantitative estimate of drug-likeness (QED) is 0.578. The summed E-state index contributed by atoms with van der Waals surface area (Å²) in [4.78, 5) is 0. The van der Waals surface area contributed by atoms with Crippen LogP contribution in [0.1, 0.15) is 6.92 Å². The molecule has 5 nitrogen and oxygen atoms in total. The molecule has 0 aromatic heterocycles. The van der Waals surface area contributed by atoms with Crippen LogP contribution in [-0.2, 0) is 9.47 Å². The van der Waals surface area contributed by atoms with Gasteiger partial charge < -0.3 is 25.2 Å². The molecule has 0 aliphatic carbocycles. The van der Waals surface area contributed by atoms with Crippen LogP contribution >= 0.6 is 0 Å². The number of ether oxygens (including phenoxy) is 2. The molecule has 0 saturated carbocycles. The Morgan fingerprint density at radius 2 is 1.56 bits per heavy atom. The van der Waals surface area contributed by atoms with Crippen molar-refractivity contribution < 1.29 is 14.6 Å². The molecule has 3 atom stereocenters. The highest BCUT2D eigenvalue weighted by Gasteiger charge is 2.35. The fourth-order valence-electron chi connectivity index (χ4n) is 2.62. The molecular formula is C11H22N2O3. The van der Waals surface area contributed by atoms with E-state index in [1.165, 1.54) is 0 Å². The Morgan fingerprint density at radius 1 is 1.06 bits per heavy atom. The van der Waals surface area contributed by atoms with E-state index in [9.17, 15) is 5.11 Å². The Morgan fingerprint density at radius 3 is 1.88 bits per heavy atom. The van der Waals surface area contributed by atoms with Gasteiger partial charge in [0.2, 0.25) is 0 Å². The molecule has 2 aliphatic rings. The summed E-state index contributed by atoms with van der Waals surface area (Å²) in [7, 11) is 0. The molecule has 2 rings (SSSR count). The lowest BCUT2D eigenvalue weighted by Crippen LogP contribution is -2.59. The van der Waals surface area contributed by atoms with Crippen molar-refractivity contribution >= 4 is 0 Å². The maximum absolute atomic E-state index is 9.93. The average molecular weight is 230 g/mol. The van der Waals surface area contributed by atoms with Crippen molar-refractivity contribution in [3.63, 3.8) is 0 Å². The summed E-state index contributed by atoms with van der Waals surface area (Å²) >= 11 is 0. The lowest BCUT2D eigenvalue weighted by Gasteiger charge is -2.39. The number of hydrogen-bond acceptors (Lipinski definition) is 5. The Hall–Kier alpha value is -0.200. The van der Waals surface area contributed by atoms with Crippen molar-refractivity contribution in [1.82, 2.24) is 10.6 Å². The Balaban J connectivity index is 1.96. The van der Waals surface area contributed by atoms with E-state index in [0.717, 1.165) is 26.3 Å². The maximum Gasteiger partial charge on any atom is 0.0624 e. The number of rotatable bonds is 3. The van der Waals surface area contributed by atoms with Gasteiger partial charge in [0, 0.05) is 31.1 Å². The molecule has 5 heteroatoms. The van der Waals surface area contributed by atoms with E-state index in [4.69, 9.17) is 9.47 Å². The predicted molar refractivity (Wildman–Crippen MR) is 60.4 cm³/mol. The van der Waals surface area contributed by atoms with Gasteiger partial charge in [0.05, 0.1) is 32.5 Å². The topological polar surface area (TPSA) is 62.8 Å². The summed E-state index contributed by atoms with van der Waals surface area (Å²) in [6.07, 6.45) is -0.363. The highest BCUT2D eigenvalue weighted by atomic mass is 16.5. The summed E-state index contributed by atoms with van der Waals surface area (Å²) in [5.41, 5.74) is 0. The summed E-state index contributed by atoms with van der Waals surface area (Å²) in [6, 6.07) is 0.431. The smallest absolute Gasteiger partial charge is 0.0624 e. The van der Waals surface area contributed by atoms with E-state index >= 15 is 0 Å². The van der Waals surface area contributed by atoms with Crippen molar-refractivity contribution in [1.29, 1.82) is 0 Å². The van der Waals surface area contributed by atoms with Gasteiger partial charge in [0.1, 0.15) is 0 Å². The molecule has 0 aromatic carbocycles. The van der Waals surface area contributed by atoms with Crippen LogP contribution in [-0.4, -0.2) is 62.8 Å². The second-order valence-corrected chi connectivity index (χ2v) is 4.59. The van der Waals surface area contributed by atoms with E-state index in [0.29, 0.717) is 13.2 Å². The molecule has 3 unspecified atom stereocenters. The number of hydrogen-bond donors (Lipinski definition) is 3. The minimum Gasteiger partial charge on any atom is -0.393 e. The third-order valence-corrected chi connectivity index (χ3v) is 3.39. The Kier molecular flexibility index (Phi) is 4.55. The second kappa shape index (κ2) is 5.93. The van der Waals surface area contributed by atoms with Crippen LogP contribution in [0.2, 0.25) is 0 Å². The number of aliphatic hydroxyl groups excluding tert-OH is 1. The minimum atomic E-state index is -0.363. The zero-order chi connectivity index (χ0) is 11.4. The van der Waals surface area contributed by atoms with Crippen molar-refractivity contribution in [2.45, 2.75) is 25.1 Å². The summed E-state index contributed by atoms with van der Waals surface area (Å²) in [5.74, 6) is 0.139. The molecular weight excluding hydrogens is 208 g/mol. The molecule has 2 aliphatic heterocycles. The zero-order valence-corrected chi connectivity index (χ0v) is 9.82. The molecule has 16 heavy (non-hydrogen) atoms. The van der Waals surface area contributed by atoms with Gasteiger partial charge in [-0.05, 0) is 6.92 Å². The fraction of sp³-hybridized carbons (Fsp3) is 1.00. The molecule has 0 bridgehead atoms. The summed E-state index contributed by atoms with van der Waals surface area (Å²) in [6.45, 7) is 6.44. The van der Waals surface area contributed by atoms with Crippen molar-refractivity contribution in [2.24, 2.45) is 5.92 Å². The van der Waals surface area contributed by atoms with Crippen LogP contribution in [0.4, 0.5) is 0 Å². The van der Waals surface area contributed by atoms with Crippen LogP contribution in [0, 0.1) is 5.92 Å². The van der Waals surface area contributed by atoms with E-state index < -0.39 is 0 Å². The van der Waals surface area contributed by atoms with Crippen LogP contribution < -0.4 is 10.6 Å². The molecule has 0 radical (unpaired) electrons. The van der Waals surface area contributed by atoms with Crippen LogP contribution in [0.15, 0.2) is 0 Å². The number of aliphatic hydroxyl groups is 1. The fourth-order valence-corrected chi connectivity index (χ4v) is 2.62. The van der Waals surface area contributed by atoms with Gasteiger partial charge in [-0.25, -0.2) is 0 Å². The van der Waals surface area contributed by atoms with Crippen LogP contribution in [0.25, 0.3) is 0 Å². The van der Waals surface area contributed by atoms with Crippen molar-refractivity contribution in [2.75, 3.05) is 39.5 Å². The molecule has 2 saturated heterocycles. The van der Waals surface area contributed by atoms with Crippen LogP contribution in [0.3, 0.4) is 0 Å². The average Bonchev–Trinajstić information content (AvgIpc) is 2.31. The first-order valence-corrected chi connectivity index (χ1v) is 6.09. The summed E-state index contributed by atoms with van der Waals surface area (Å²) in [5, 5.41) is 16.8. The van der Waals surface area contributed by atoms with Gasteiger partial charge in [0.25, 0.3) is 0 Å². The maximum atomic E-state index is 9.93. The Labute approximate surface area is 96.5 Å². The monoisotopic (exact) mass is 230 g/mol. The standard InChI is InChI=1S/C11H22N2O3/c1-8(14)11(9-6-15-4-2-12-9)10-7-16-5-3-13-10/h8-14H,2-7H2,1H3. The van der Waals surface area contributed by atoms with Crippen LogP contribution in [0.5, 0.6) is 0 Å². The number of morpholine rings is 2. The van der Waals surface area contributed by atoms with Gasteiger partial charge in [-0.1, -0.05) is 0 Å². The van der Waals surface area contributed by atoms with Gasteiger partial charge >= 0.3 is 0 Å². The molecule has 94 valence electrons. The third kappa shape index (κ3) is 2.93. The third-order valence-electron chi connectivity index (χ3n) is 3.39. The highest BCUT2D eigenvalue weighted by Crippen LogP contribution is 2.18. The molecule has 0 aromatic rings. The first-order chi connectivity index (χ1) is 7.79. The molecule has 0 amide bonds. The van der Waals surface area contributed by atoms with E-state index in [-0.39, 0.29) is 24.1 Å². The normalized spacial score (nSPS) is 35.6. The number of nitrogens with one attached hydrogen (secondary N) is 2.